The molecule has 1 N–H and O–H groups in total. The molecule has 0 saturated carbocycles. The van der Waals surface area contributed by atoms with E-state index in [2.05, 4.69) is 72.2 Å². The molecule has 1 saturated heterocycles. The summed E-state index contributed by atoms with van der Waals surface area (Å²) in [5.74, 6) is -0.913. The highest BCUT2D eigenvalue weighted by atomic mass is 16.5. The summed E-state index contributed by atoms with van der Waals surface area (Å²) in [5.41, 5.74) is 5.22. The number of rotatable bonds is 8. The number of aliphatic carboxylic acids is 1. The van der Waals surface area contributed by atoms with Gasteiger partial charge in [0.15, 0.2) is 0 Å². The number of hydrogen-bond donors (Lipinski definition) is 1. The summed E-state index contributed by atoms with van der Waals surface area (Å²) in [6, 6.07) is 17.9. The van der Waals surface area contributed by atoms with E-state index in [1.54, 1.807) is 0 Å². The SMILES string of the molecule is Cc1ccc(C(c2cccc(C)c2)N2CCN(CCOCC(=O)O)CC2)cc1. The monoisotopic (exact) mass is 382 g/mol. The Labute approximate surface area is 167 Å². The van der Waals surface area contributed by atoms with Gasteiger partial charge in [0.05, 0.1) is 12.6 Å². The predicted octanol–water partition coefficient (Wildman–Crippen LogP) is 3.11. The van der Waals surface area contributed by atoms with E-state index in [4.69, 9.17) is 9.84 Å². The highest BCUT2D eigenvalue weighted by Crippen LogP contribution is 2.30. The van der Waals surface area contributed by atoms with Gasteiger partial charge in [-0.3, -0.25) is 9.80 Å². The van der Waals surface area contributed by atoms with E-state index in [1.165, 1.54) is 22.3 Å². The second kappa shape index (κ2) is 9.82. The molecule has 0 radical (unpaired) electrons. The van der Waals surface area contributed by atoms with Crippen molar-refractivity contribution in [3.63, 3.8) is 0 Å². The minimum Gasteiger partial charge on any atom is -0.480 e. The second-order valence-corrected chi connectivity index (χ2v) is 7.55. The predicted molar refractivity (Wildman–Crippen MR) is 111 cm³/mol. The molecule has 150 valence electrons. The van der Waals surface area contributed by atoms with Crippen LogP contribution >= 0.6 is 0 Å². The number of ether oxygens (including phenoxy) is 1. The Morgan fingerprint density at radius 1 is 1.00 bits per heavy atom. The first-order valence-electron chi connectivity index (χ1n) is 9.92. The van der Waals surface area contributed by atoms with Gasteiger partial charge in [0.25, 0.3) is 0 Å². The summed E-state index contributed by atoms with van der Waals surface area (Å²) < 4.78 is 5.18. The van der Waals surface area contributed by atoms with Crippen molar-refractivity contribution in [2.75, 3.05) is 45.9 Å². The van der Waals surface area contributed by atoms with E-state index in [0.717, 1.165) is 32.7 Å². The highest BCUT2D eigenvalue weighted by Gasteiger charge is 2.26. The summed E-state index contributed by atoms with van der Waals surface area (Å²) in [6.45, 7) is 9.17. The van der Waals surface area contributed by atoms with Gasteiger partial charge in [-0.05, 0) is 25.0 Å². The van der Waals surface area contributed by atoms with Crippen molar-refractivity contribution in [1.29, 1.82) is 0 Å². The van der Waals surface area contributed by atoms with E-state index in [1.807, 2.05) is 0 Å². The first-order chi connectivity index (χ1) is 13.5. The number of piperazine rings is 1. The lowest BCUT2D eigenvalue weighted by molar-refractivity contribution is -0.142. The molecule has 0 bridgehead atoms. The van der Waals surface area contributed by atoms with Gasteiger partial charge in [0, 0.05) is 32.7 Å². The Morgan fingerprint density at radius 2 is 1.71 bits per heavy atom. The maximum Gasteiger partial charge on any atom is 0.329 e. The van der Waals surface area contributed by atoms with Crippen LogP contribution < -0.4 is 0 Å². The molecule has 2 aromatic rings. The van der Waals surface area contributed by atoms with Gasteiger partial charge in [0.1, 0.15) is 6.61 Å². The maximum absolute atomic E-state index is 10.5. The summed E-state index contributed by atoms with van der Waals surface area (Å²) in [5, 5.41) is 8.65. The summed E-state index contributed by atoms with van der Waals surface area (Å²) in [6.07, 6.45) is 0. The average Bonchev–Trinajstić information content (AvgIpc) is 2.68. The Balaban J connectivity index is 1.67. The molecule has 1 unspecified atom stereocenters. The van der Waals surface area contributed by atoms with Crippen LogP contribution in [0.3, 0.4) is 0 Å². The van der Waals surface area contributed by atoms with Crippen molar-refractivity contribution < 1.29 is 14.6 Å². The number of carboxylic acids is 1. The topological polar surface area (TPSA) is 53.0 Å². The van der Waals surface area contributed by atoms with Crippen molar-refractivity contribution in [2.45, 2.75) is 19.9 Å². The normalized spacial score (nSPS) is 16.8. The molecular formula is C23H30N2O3. The van der Waals surface area contributed by atoms with Crippen LogP contribution in [0.25, 0.3) is 0 Å². The number of nitrogens with zero attached hydrogens (tertiary/aromatic N) is 2. The summed E-state index contributed by atoms with van der Waals surface area (Å²) in [4.78, 5) is 15.4. The van der Waals surface area contributed by atoms with Gasteiger partial charge in [0.2, 0.25) is 0 Å². The minimum absolute atomic E-state index is 0.219. The fraction of sp³-hybridized carbons (Fsp3) is 0.435. The zero-order valence-electron chi connectivity index (χ0n) is 16.8. The smallest absolute Gasteiger partial charge is 0.329 e. The molecule has 1 aliphatic rings. The van der Waals surface area contributed by atoms with E-state index >= 15 is 0 Å². The molecule has 1 heterocycles. The first kappa shape index (κ1) is 20.5. The molecule has 2 aromatic carbocycles. The lowest BCUT2D eigenvalue weighted by Crippen LogP contribution is -2.48. The molecule has 1 atom stereocenters. The van der Waals surface area contributed by atoms with Crippen LogP contribution in [0.1, 0.15) is 28.3 Å². The third kappa shape index (κ3) is 5.64. The van der Waals surface area contributed by atoms with Crippen molar-refractivity contribution in [1.82, 2.24) is 9.80 Å². The lowest BCUT2D eigenvalue weighted by atomic mass is 9.94. The Morgan fingerprint density at radius 3 is 2.36 bits per heavy atom. The van der Waals surface area contributed by atoms with Crippen molar-refractivity contribution in [2.24, 2.45) is 0 Å². The average molecular weight is 383 g/mol. The molecule has 0 amide bonds. The molecule has 0 aromatic heterocycles. The third-order valence-electron chi connectivity index (χ3n) is 5.30. The molecule has 5 nitrogen and oxygen atoms in total. The van der Waals surface area contributed by atoms with Crippen LogP contribution in [-0.4, -0.2) is 66.8 Å². The van der Waals surface area contributed by atoms with Crippen LogP contribution in [0.4, 0.5) is 0 Å². The first-order valence-corrected chi connectivity index (χ1v) is 9.92. The second-order valence-electron chi connectivity index (χ2n) is 7.55. The van der Waals surface area contributed by atoms with Gasteiger partial charge in [-0.25, -0.2) is 4.79 Å². The number of aryl methyl sites for hydroxylation is 2. The van der Waals surface area contributed by atoms with Crippen LogP contribution in [0.2, 0.25) is 0 Å². The standard InChI is InChI=1S/C23H30N2O3/c1-18-6-8-20(9-7-18)23(21-5-3-4-19(2)16-21)25-12-10-24(11-13-25)14-15-28-17-22(26)27/h3-9,16,23H,10-15,17H2,1-2H3,(H,26,27). The van der Waals surface area contributed by atoms with E-state index < -0.39 is 5.97 Å². The number of benzene rings is 2. The molecule has 5 heteroatoms. The van der Waals surface area contributed by atoms with Crippen LogP contribution in [0.5, 0.6) is 0 Å². The molecule has 3 rings (SSSR count). The fourth-order valence-electron chi connectivity index (χ4n) is 3.80. The quantitative estimate of drug-likeness (QED) is 0.711. The van der Waals surface area contributed by atoms with Crippen molar-refractivity contribution in [3.8, 4) is 0 Å². The Hall–Kier alpha value is -2.21. The molecule has 0 spiro atoms. The summed E-state index contributed by atoms with van der Waals surface area (Å²) >= 11 is 0. The van der Waals surface area contributed by atoms with Gasteiger partial charge < -0.3 is 9.84 Å². The van der Waals surface area contributed by atoms with Gasteiger partial charge in [-0.15, -0.1) is 0 Å². The van der Waals surface area contributed by atoms with Gasteiger partial charge in [-0.1, -0.05) is 59.7 Å². The largest absolute Gasteiger partial charge is 0.480 e. The number of hydrogen-bond acceptors (Lipinski definition) is 4. The zero-order valence-corrected chi connectivity index (χ0v) is 16.8. The molecule has 0 aliphatic carbocycles. The zero-order chi connectivity index (χ0) is 19.9. The number of carbonyl (C=O) groups is 1. The molecule has 1 fully saturated rings. The molecular weight excluding hydrogens is 352 g/mol. The van der Waals surface area contributed by atoms with Crippen molar-refractivity contribution >= 4 is 5.97 Å². The maximum atomic E-state index is 10.5. The molecule has 1 aliphatic heterocycles. The number of carboxylic acid groups (broad SMARTS) is 1. The van der Waals surface area contributed by atoms with Crippen LogP contribution in [0.15, 0.2) is 48.5 Å². The fourth-order valence-corrected chi connectivity index (χ4v) is 3.80. The Bertz CT molecular complexity index is 768. The van der Waals surface area contributed by atoms with Gasteiger partial charge >= 0.3 is 5.97 Å². The van der Waals surface area contributed by atoms with Crippen LogP contribution in [0, 0.1) is 13.8 Å². The molecule has 28 heavy (non-hydrogen) atoms. The van der Waals surface area contributed by atoms with E-state index in [0.29, 0.717) is 6.61 Å². The van der Waals surface area contributed by atoms with Crippen molar-refractivity contribution in [3.05, 3.63) is 70.8 Å². The van der Waals surface area contributed by atoms with E-state index in [9.17, 15) is 4.79 Å². The van der Waals surface area contributed by atoms with Gasteiger partial charge in [-0.2, -0.15) is 0 Å². The third-order valence-corrected chi connectivity index (χ3v) is 5.30. The van der Waals surface area contributed by atoms with E-state index in [-0.39, 0.29) is 12.6 Å². The highest BCUT2D eigenvalue weighted by molar-refractivity contribution is 5.67. The Kier molecular flexibility index (Phi) is 7.20. The summed E-state index contributed by atoms with van der Waals surface area (Å²) in [7, 11) is 0. The lowest BCUT2D eigenvalue weighted by Gasteiger charge is -2.40. The minimum atomic E-state index is -0.913. The van der Waals surface area contributed by atoms with Crippen LogP contribution in [-0.2, 0) is 9.53 Å².